The van der Waals surface area contributed by atoms with Gasteiger partial charge in [-0.05, 0) is 83.6 Å². The molecule has 0 unspecified atom stereocenters. The predicted molar refractivity (Wildman–Crippen MR) is 176 cm³/mol. The standard InChI is InChI=1S/C37H66O6/c1-3-4-5-6-7-8-9-10-14-17-20-23-32(38)25-26-34(40)36-28-27-35(43-36)33(39)24-21-18-15-12-11-13-16-19-22-31-29-30(2)42-37(31)41/h15,18,29-30,32-36,38-40H,3-14,16-17,19-28H2,1-2H3/b18-15-/t30-,32+,33-,34+,35+,36-/m1/s1. The predicted octanol–water partition coefficient (Wildman–Crippen LogP) is 8.65. The highest BCUT2D eigenvalue weighted by Crippen LogP contribution is 2.28. The molecule has 0 amide bonds. The van der Waals surface area contributed by atoms with Gasteiger partial charge in [-0.3, -0.25) is 0 Å². The van der Waals surface area contributed by atoms with Gasteiger partial charge in [0, 0.05) is 5.57 Å². The van der Waals surface area contributed by atoms with Crippen LogP contribution in [0.15, 0.2) is 23.8 Å². The Hall–Kier alpha value is -1.21. The minimum Gasteiger partial charge on any atom is -0.455 e. The van der Waals surface area contributed by atoms with Gasteiger partial charge in [-0.1, -0.05) is 103 Å². The van der Waals surface area contributed by atoms with Crippen LogP contribution < -0.4 is 0 Å². The van der Waals surface area contributed by atoms with Crippen molar-refractivity contribution in [1.29, 1.82) is 0 Å². The number of ether oxygens (including phenoxy) is 2. The van der Waals surface area contributed by atoms with E-state index in [1.807, 2.05) is 13.0 Å². The van der Waals surface area contributed by atoms with Gasteiger partial charge >= 0.3 is 5.97 Å². The van der Waals surface area contributed by atoms with Crippen LogP contribution in [-0.2, 0) is 14.3 Å². The van der Waals surface area contributed by atoms with Crippen LogP contribution in [-0.4, -0.2) is 57.9 Å². The first-order valence-electron chi connectivity index (χ1n) is 18.2. The van der Waals surface area contributed by atoms with Crippen molar-refractivity contribution in [2.75, 3.05) is 0 Å². The summed E-state index contributed by atoms with van der Waals surface area (Å²) in [6.07, 6.45) is 30.1. The lowest BCUT2D eigenvalue weighted by atomic mass is 9.99. The molecule has 0 aromatic carbocycles. The Morgan fingerprint density at radius 2 is 1.28 bits per heavy atom. The second-order valence-corrected chi connectivity index (χ2v) is 13.3. The zero-order valence-corrected chi connectivity index (χ0v) is 27.7. The molecule has 2 aliphatic heterocycles. The molecule has 0 aliphatic carbocycles. The SMILES string of the molecule is CCCCCCCCCCCCC[C@H](O)CC[C@H](O)[C@H]1CC[C@@H]([C@H](O)CC/C=C\CCCCCCC2=C[C@@H](C)OC2=O)O1. The molecule has 2 rings (SSSR count). The van der Waals surface area contributed by atoms with Gasteiger partial charge in [0.1, 0.15) is 6.10 Å². The van der Waals surface area contributed by atoms with Crippen LogP contribution in [0.3, 0.4) is 0 Å². The molecule has 2 heterocycles. The highest BCUT2D eigenvalue weighted by Gasteiger charge is 2.34. The summed E-state index contributed by atoms with van der Waals surface area (Å²) < 4.78 is 11.2. The molecular weight excluding hydrogens is 540 g/mol. The number of carbonyl (C=O) groups excluding carboxylic acids is 1. The van der Waals surface area contributed by atoms with Crippen LogP contribution in [0.2, 0.25) is 0 Å². The van der Waals surface area contributed by atoms with E-state index < -0.39 is 12.2 Å². The molecular formula is C37H66O6. The van der Waals surface area contributed by atoms with Gasteiger partial charge in [-0.25, -0.2) is 4.79 Å². The third-order valence-electron chi connectivity index (χ3n) is 9.23. The van der Waals surface area contributed by atoms with Gasteiger partial charge in [-0.2, -0.15) is 0 Å². The summed E-state index contributed by atoms with van der Waals surface area (Å²) in [7, 11) is 0. The van der Waals surface area contributed by atoms with E-state index in [1.54, 1.807) is 0 Å². The summed E-state index contributed by atoms with van der Waals surface area (Å²) in [5.41, 5.74) is 0.835. The smallest absolute Gasteiger partial charge is 0.334 e. The molecule has 43 heavy (non-hydrogen) atoms. The Kier molecular flexibility index (Phi) is 21.3. The molecule has 6 heteroatoms. The van der Waals surface area contributed by atoms with Crippen molar-refractivity contribution in [3.63, 3.8) is 0 Å². The van der Waals surface area contributed by atoms with Crippen molar-refractivity contribution in [2.24, 2.45) is 0 Å². The quantitative estimate of drug-likeness (QED) is 0.0492. The monoisotopic (exact) mass is 606 g/mol. The van der Waals surface area contributed by atoms with Crippen molar-refractivity contribution in [3.8, 4) is 0 Å². The van der Waals surface area contributed by atoms with E-state index in [-0.39, 0.29) is 30.4 Å². The topological polar surface area (TPSA) is 96.2 Å². The summed E-state index contributed by atoms with van der Waals surface area (Å²) >= 11 is 0. The van der Waals surface area contributed by atoms with E-state index in [1.165, 1.54) is 64.2 Å². The highest BCUT2D eigenvalue weighted by molar-refractivity contribution is 5.90. The fourth-order valence-electron chi connectivity index (χ4n) is 6.43. The lowest BCUT2D eigenvalue weighted by molar-refractivity contribution is -0.139. The Morgan fingerprint density at radius 3 is 1.91 bits per heavy atom. The number of aliphatic hydroxyl groups excluding tert-OH is 3. The number of cyclic esters (lactones) is 1. The highest BCUT2D eigenvalue weighted by atomic mass is 16.5. The Labute approximate surface area is 263 Å². The second kappa shape index (κ2) is 24.1. The van der Waals surface area contributed by atoms with E-state index in [0.29, 0.717) is 19.3 Å². The molecule has 1 saturated heterocycles. The lowest BCUT2D eigenvalue weighted by Gasteiger charge is -2.22. The maximum absolute atomic E-state index is 11.6. The molecule has 0 bridgehead atoms. The minimum absolute atomic E-state index is 0.0712. The Morgan fingerprint density at radius 1 is 0.721 bits per heavy atom. The van der Waals surface area contributed by atoms with Crippen LogP contribution >= 0.6 is 0 Å². The summed E-state index contributed by atoms with van der Waals surface area (Å²) in [4.78, 5) is 11.6. The number of esters is 1. The van der Waals surface area contributed by atoms with Gasteiger partial charge in [0.15, 0.2) is 0 Å². The van der Waals surface area contributed by atoms with Crippen molar-refractivity contribution >= 4 is 5.97 Å². The van der Waals surface area contributed by atoms with Gasteiger partial charge in [-0.15, -0.1) is 0 Å². The molecule has 0 aromatic heterocycles. The number of unbranched alkanes of at least 4 members (excludes halogenated alkanes) is 14. The Bertz CT molecular complexity index is 764. The number of rotatable bonds is 27. The molecule has 0 aromatic rings. The van der Waals surface area contributed by atoms with Crippen molar-refractivity contribution in [2.45, 2.75) is 205 Å². The van der Waals surface area contributed by atoms with Crippen LogP contribution in [0.1, 0.15) is 168 Å². The summed E-state index contributed by atoms with van der Waals surface area (Å²) in [5, 5.41) is 31.6. The molecule has 2 aliphatic rings. The normalized spacial score (nSPS) is 22.7. The zero-order valence-electron chi connectivity index (χ0n) is 27.7. The van der Waals surface area contributed by atoms with Crippen LogP contribution in [0.4, 0.5) is 0 Å². The maximum Gasteiger partial charge on any atom is 0.334 e. The van der Waals surface area contributed by atoms with E-state index in [0.717, 1.165) is 76.2 Å². The number of hydrogen-bond acceptors (Lipinski definition) is 6. The molecule has 6 nitrogen and oxygen atoms in total. The van der Waals surface area contributed by atoms with Gasteiger partial charge in [0.2, 0.25) is 0 Å². The number of carbonyl (C=O) groups is 1. The van der Waals surface area contributed by atoms with E-state index in [2.05, 4.69) is 19.1 Å². The largest absolute Gasteiger partial charge is 0.455 e. The van der Waals surface area contributed by atoms with E-state index >= 15 is 0 Å². The molecule has 250 valence electrons. The van der Waals surface area contributed by atoms with Crippen molar-refractivity contribution in [3.05, 3.63) is 23.8 Å². The fourth-order valence-corrected chi connectivity index (χ4v) is 6.43. The van der Waals surface area contributed by atoms with Gasteiger partial charge < -0.3 is 24.8 Å². The first kappa shape index (κ1) is 38.0. The van der Waals surface area contributed by atoms with Gasteiger partial charge in [0.05, 0.1) is 30.5 Å². The lowest BCUT2D eigenvalue weighted by Crippen LogP contribution is -2.31. The Balaban J connectivity index is 1.41. The van der Waals surface area contributed by atoms with Crippen LogP contribution in [0, 0.1) is 0 Å². The third kappa shape index (κ3) is 17.8. The van der Waals surface area contributed by atoms with Gasteiger partial charge in [0.25, 0.3) is 0 Å². The first-order chi connectivity index (χ1) is 20.9. The number of aliphatic hydroxyl groups is 3. The van der Waals surface area contributed by atoms with Crippen LogP contribution in [0.25, 0.3) is 0 Å². The van der Waals surface area contributed by atoms with Crippen molar-refractivity contribution < 1.29 is 29.6 Å². The van der Waals surface area contributed by atoms with E-state index in [4.69, 9.17) is 9.47 Å². The van der Waals surface area contributed by atoms with Crippen LogP contribution in [0.5, 0.6) is 0 Å². The molecule has 0 spiro atoms. The summed E-state index contributed by atoms with van der Waals surface area (Å²) in [6.45, 7) is 4.16. The average Bonchev–Trinajstić information content (AvgIpc) is 3.61. The first-order valence-corrected chi connectivity index (χ1v) is 18.2. The molecule has 6 atom stereocenters. The molecule has 1 fully saturated rings. The third-order valence-corrected chi connectivity index (χ3v) is 9.23. The molecule has 0 radical (unpaired) electrons. The zero-order chi connectivity index (χ0) is 31.1. The minimum atomic E-state index is -0.573. The van der Waals surface area contributed by atoms with E-state index in [9.17, 15) is 20.1 Å². The average molecular weight is 607 g/mol. The molecule has 0 saturated carbocycles. The van der Waals surface area contributed by atoms with Crippen molar-refractivity contribution in [1.82, 2.24) is 0 Å². The summed E-state index contributed by atoms with van der Waals surface area (Å²) in [6, 6.07) is 0. The molecule has 3 N–H and O–H groups in total. The maximum atomic E-state index is 11.6. The second-order valence-electron chi connectivity index (χ2n) is 13.3. The summed E-state index contributed by atoms with van der Waals surface area (Å²) in [5.74, 6) is -0.146. The number of allylic oxidation sites excluding steroid dienone is 2. The fraction of sp³-hybridized carbons (Fsp3) is 0.865. The number of hydrogen-bond donors (Lipinski definition) is 3.